The summed E-state index contributed by atoms with van der Waals surface area (Å²) < 4.78 is 0. The normalized spacial score (nSPS) is 23.3. The van der Waals surface area contributed by atoms with Crippen LogP contribution in [0.25, 0.3) is 0 Å². The van der Waals surface area contributed by atoms with Crippen molar-refractivity contribution in [3.63, 3.8) is 0 Å². The molecule has 5 nitrogen and oxygen atoms in total. The third-order valence-electron chi connectivity index (χ3n) is 3.23. The van der Waals surface area contributed by atoms with Crippen molar-refractivity contribution in [2.24, 2.45) is 22.8 Å². The lowest BCUT2D eigenvalue weighted by Crippen LogP contribution is -2.29. The number of amides is 3. The Hall–Kier alpha value is -2.30. The number of carbonyl (C=O) groups excluding carboxylic acids is 2. The highest BCUT2D eigenvalue weighted by Crippen LogP contribution is 2.48. The number of nitrogens with two attached hydrogens (primary N) is 2. The van der Waals surface area contributed by atoms with Gasteiger partial charge < -0.3 is 16.8 Å². The van der Waals surface area contributed by atoms with Crippen LogP contribution in [0, 0.1) is 11.3 Å². The molecule has 0 aromatic carbocycles. The van der Waals surface area contributed by atoms with Gasteiger partial charge in [0.05, 0.1) is 0 Å². The molecule has 0 fully saturated rings. The third kappa shape index (κ3) is 2.07. The van der Waals surface area contributed by atoms with E-state index >= 15 is 0 Å². The van der Waals surface area contributed by atoms with Crippen LogP contribution in [0.2, 0.25) is 0 Å². The first kappa shape index (κ1) is 13.8. The van der Waals surface area contributed by atoms with Crippen molar-refractivity contribution < 1.29 is 9.59 Å². The molecule has 1 aliphatic rings. The Kier molecular flexibility index (Phi) is 3.76. The Bertz CT molecular complexity index is 467. The second-order valence-electron chi connectivity index (χ2n) is 4.14. The van der Waals surface area contributed by atoms with E-state index in [2.05, 4.69) is 18.5 Å². The maximum absolute atomic E-state index is 11.4. The van der Waals surface area contributed by atoms with Gasteiger partial charge in [-0.05, 0) is 11.5 Å². The van der Waals surface area contributed by atoms with Gasteiger partial charge in [-0.3, -0.25) is 4.79 Å². The van der Waals surface area contributed by atoms with Crippen LogP contribution in [-0.4, -0.2) is 11.9 Å². The standard InChI is InChI=1S/C13H17N3O2/c1-4-13(5-2)8(3)6-9(11(14)17)10(13)7-16-12(15)18/h4-8H,1-2H2,3H3,(H2,14,17)(H3,15,16,18). The van der Waals surface area contributed by atoms with E-state index in [9.17, 15) is 9.59 Å². The van der Waals surface area contributed by atoms with E-state index in [0.29, 0.717) is 11.1 Å². The number of hydrogen-bond donors (Lipinski definition) is 3. The summed E-state index contributed by atoms with van der Waals surface area (Å²) in [6.07, 6.45) is 6.46. The van der Waals surface area contributed by atoms with Crippen LogP contribution in [0.5, 0.6) is 0 Å². The van der Waals surface area contributed by atoms with E-state index in [1.807, 2.05) is 6.92 Å². The third-order valence-corrected chi connectivity index (χ3v) is 3.23. The summed E-state index contributed by atoms with van der Waals surface area (Å²) in [5.74, 6) is -0.596. The second kappa shape index (κ2) is 4.91. The van der Waals surface area contributed by atoms with Crippen LogP contribution in [0.3, 0.4) is 0 Å². The molecule has 0 bridgehead atoms. The van der Waals surface area contributed by atoms with Crippen LogP contribution in [0.15, 0.2) is 48.7 Å². The van der Waals surface area contributed by atoms with Gasteiger partial charge in [0, 0.05) is 17.2 Å². The molecule has 1 rings (SSSR count). The highest BCUT2D eigenvalue weighted by Gasteiger charge is 2.41. The lowest BCUT2D eigenvalue weighted by atomic mass is 9.74. The maximum Gasteiger partial charge on any atom is 0.316 e. The summed E-state index contributed by atoms with van der Waals surface area (Å²) in [5.41, 5.74) is 10.6. The highest BCUT2D eigenvalue weighted by molar-refractivity contribution is 5.98. The van der Waals surface area contributed by atoms with Crippen LogP contribution in [0.4, 0.5) is 4.79 Å². The zero-order valence-electron chi connectivity index (χ0n) is 10.3. The van der Waals surface area contributed by atoms with Crippen molar-refractivity contribution in [2.75, 3.05) is 0 Å². The fourth-order valence-corrected chi connectivity index (χ4v) is 2.19. The van der Waals surface area contributed by atoms with Gasteiger partial charge in [0.2, 0.25) is 5.91 Å². The van der Waals surface area contributed by atoms with Gasteiger partial charge in [0.15, 0.2) is 0 Å². The molecular formula is C13H17N3O2. The molecule has 1 unspecified atom stereocenters. The second-order valence-corrected chi connectivity index (χ2v) is 4.14. The first-order valence-electron chi connectivity index (χ1n) is 5.44. The zero-order valence-corrected chi connectivity index (χ0v) is 10.3. The van der Waals surface area contributed by atoms with E-state index < -0.39 is 17.4 Å². The number of rotatable bonds is 4. The Morgan fingerprint density at radius 1 is 1.39 bits per heavy atom. The van der Waals surface area contributed by atoms with Gasteiger partial charge in [-0.1, -0.05) is 25.2 Å². The molecule has 0 radical (unpaired) electrons. The fraction of sp³-hybridized carbons (Fsp3) is 0.231. The summed E-state index contributed by atoms with van der Waals surface area (Å²) >= 11 is 0. The molecule has 5 N–H and O–H groups in total. The van der Waals surface area contributed by atoms with E-state index in [0.717, 1.165) is 0 Å². The predicted molar refractivity (Wildman–Crippen MR) is 70.1 cm³/mol. The first-order chi connectivity index (χ1) is 8.39. The quantitative estimate of drug-likeness (QED) is 0.645. The van der Waals surface area contributed by atoms with E-state index in [4.69, 9.17) is 11.5 Å². The maximum atomic E-state index is 11.4. The van der Waals surface area contributed by atoms with Crippen molar-refractivity contribution in [3.8, 4) is 0 Å². The lowest BCUT2D eigenvalue weighted by molar-refractivity contribution is -0.114. The average Bonchev–Trinajstić information content (AvgIpc) is 2.59. The van der Waals surface area contributed by atoms with Crippen molar-refractivity contribution in [1.82, 2.24) is 5.32 Å². The van der Waals surface area contributed by atoms with Gasteiger partial charge in [-0.2, -0.15) is 0 Å². The topological polar surface area (TPSA) is 98.2 Å². The number of urea groups is 1. The molecule has 0 saturated heterocycles. The molecule has 1 aliphatic carbocycles. The Morgan fingerprint density at radius 2 is 1.94 bits per heavy atom. The van der Waals surface area contributed by atoms with Crippen molar-refractivity contribution >= 4 is 11.9 Å². The van der Waals surface area contributed by atoms with Gasteiger partial charge in [-0.15, -0.1) is 13.2 Å². The molecule has 0 aromatic heterocycles. The molecule has 0 aliphatic heterocycles. The molecule has 0 saturated carbocycles. The van der Waals surface area contributed by atoms with Crippen LogP contribution < -0.4 is 16.8 Å². The Balaban J connectivity index is 3.34. The van der Waals surface area contributed by atoms with Gasteiger partial charge >= 0.3 is 6.03 Å². The number of hydrogen-bond acceptors (Lipinski definition) is 2. The molecule has 0 aromatic rings. The van der Waals surface area contributed by atoms with E-state index in [-0.39, 0.29) is 5.92 Å². The van der Waals surface area contributed by atoms with E-state index in [1.165, 1.54) is 6.20 Å². The number of carbonyl (C=O) groups is 2. The summed E-state index contributed by atoms with van der Waals surface area (Å²) in [4.78, 5) is 22.2. The van der Waals surface area contributed by atoms with E-state index in [1.54, 1.807) is 18.2 Å². The Morgan fingerprint density at radius 3 is 2.33 bits per heavy atom. The van der Waals surface area contributed by atoms with Crippen molar-refractivity contribution in [3.05, 3.63) is 48.7 Å². The predicted octanol–water partition coefficient (Wildman–Crippen LogP) is 0.958. The van der Waals surface area contributed by atoms with Crippen LogP contribution >= 0.6 is 0 Å². The fourth-order valence-electron chi connectivity index (χ4n) is 2.19. The van der Waals surface area contributed by atoms with Gasteiger partial charge in [0.1, 0.15) is 0 Å². The SMILES string of the molecule is C=CC1(C=C)C(=CNC(N)=O)C(C(N)=O)=CC1C. The molecular weight excluding hydrogens is 230 g/mol. The smallest absolute Gasteiger partial charge is 0.316 e. The highest BCUT2D eigenvalue weighted by atomic mass is 16.2. The molecule has 3 amide bonds. The number of primary amides is 2. The van der Waals surface area contributed by atoms with Crippen molar-refractivity contribution in [2.45, 2.75) is 6.92 Å². The minimum Gasteiger partial charge on any atom is -0.366 e. The van der Waals surface area contributed by atoms with Crippen LogP contribution in [0.1, 0.15) is 6.92 Å². The summed E-state index contributed by atoms with van der Waals surface area (Å²) in [6.45, 7) is 9.45. The largest absolute Gasteiger partial charge is 0.366 e. The monoisotopic (exact) mass is 247 g/mol. The molecule has 0 spiro atoms. The first-order valence-corrected chi connectivity index (χ1v) is 5.44. The minimum atomic E-state index is -0.715. The molecule has 5 heteroatoms. The number of allylic oxidation sites excluding steroid dienone is 3. The molecule has 18 heavy (non-hydrogen) atoms. The molecule has 96 valence electrons. The minimum absolute atomic E-state index is 0.0315. The summed E-state index contributed by atoms with van der Waals surface area (Å²) in [6, 6.07) is -0.715. The average molecular weight is 247 g/mol. The van der Waals surface area contributed by atoms with Crippen molar-refractivity contribution in [1.29, 1.82) is 0 Å². The van der Waals surface area contributed by atoms with Gasteiger partial charge in [-0.25, -0.2) is 4.79 Å². The lowest BCUT2D eigenvalue weighted by Gasteiger charge is -2.28. The summed E-state index contributed by atoms with van der Waals surface area (Å²) in [5, 5.41) is 2.35. The van der Waals surface area contributed by atoms with Crippen LogP contribution in [-0.2, 0) is 4.79 Å². The number of nitrogens with one attached hydrogen (secondary N) is 1. The Labute approximate surface area is 106 Å². The zero-order chi connectivity index (χ0) is 13.9. The van der Waals surface area contributed by atoms with Gasteiger partial charge in [0.25, 0.3) is 0 Å². The summed E-state index contributed by atoms with van der Waals surface area (Å²) in [7, 11) is 0. The molecule has 0 heterocycles. The molecule has 1 atom stereocenters.